The average Bonchev–Trinajstić information content (AvgIpc) is 3.29. The van der Waals surface area contributed by atoms with Crippen molar-refractivity contribution in [1.29, 1.82) is 0 Å². The summed E-state index contributed by atoms with van der Waals surface area (Å²) in [4.78, 5) is 34.2. The van der Waals surface area contributed by atoms with Gasteiger partial charge in [-0.2, -0.15) is 14.6 Å². The Morgan fingerprint density at radius 3 is 2.84 bits per heavy atom. The number of pyridine rings is 1. The molecule has 0 atom stereocenters. The van der Waals surface area contributed by atoms with Gasteiger partial charge in [-0.1, -0.05) is 0 Å². The molecule has 0 aliphatic heterocycles. The molecule has 0 aromatic carbocycles. The number of carbonyl (C=O) groups excluding carboxylic acids is 1. The Labute approximate surface area is 176 Å². The molecule has 0 saturated heterocycles. The smallest absolute Gasteiger partial charge is 0.308 e. The van der Waals surface area contributed by atoms with Crippen molar-refractivity contribution in [2.75, 3.05) is 17.7 Å². The third kappa shape index (κ3) is 3.50. The van der Waals surface area contributed by atoms with Crippen LogP contribution in [0.4, 0.5) is 17.3 Å². The molecule has 4 aromatic heterocycles. The fraction of sp³-hybridized carbons (Fsp3) is 0.250. The molecule has 3 N–H and O–H groups in total. The maximum absolute atomic E-state index is 12.9. The predicted octanol–water partition coefficient (Wildman–Crippen LogP) is 1.85. The number of anilines is 3. The molecular weight excluding hydrogens is 400 g/mol. The molecule has 1 aliphatic carbocycles. The summed E-state index contributed by atoms with van der Waals surface area (Å²) in [6, 6.07) is 5.44. The fourth-order valence-electron chi connectivity index (χ4n) is 3.19. The minimum absolute atomic E-state index is 0.181. The Kier molecular flexibility index (Phi) is 4.42. The quantitative estimate of drug-likeness (QED) is 0.431. The van der Waals surface area contributed by atoms with Crippen LogP contribution in [-0.2, 0) is 0 Å². The first-order chi connectivity index (χ1) is 15.0. The van der Waals surface area contributed by atoms with Crippen LogP contribution in [0.5, 0.6) is 0 Å². The molecule has 5 rings (SSSR count). The lowest BCUT2D eigenvalue weighted by atomic mass is 10.3. The van der Waals surface area contributed by atoms with E-state index in [1.165, 1.54) is 17.0 Å². The van der Waals surface area contributed by atoms with Crippen LogP contribution < -0.4 is 21.5 Å². The van der Waals surface area contributed by atoms with Gasteiger partial charge >= 0.3 is 6.01 Å². The van der Waals surface area contributed by atoms with Gasteiger partial charge in [-0.3, -0.25) is 9.59 Å². The van der Waals surface area contributed by atoms with Gasteiger partial charge in [0.15, 0.2) is 5.65 Å². The molecule has 11 heteroatoms. The van der Waals surface area contributed by atoms with Crippen molar-refractivity contribution in [3.8, 4) is 6.01 Å². The number of oxazole rings is 1. The summed E-state index contributed by atoms with van der Waals surface area (Å²) in [5.41, 5.74) is 1.35. The minimum atomic E-state index is -0.350. The van der Waals surface area contributed by atoms with Crippen LogP contribution in [-0.4, -0.2) is 43.1 Å². The molecule has 0 bridgehead atoms. The van der Waals surface area contributed by atoms with E-state index in [-0.39, 0.29) is 29.2 Å². The largest absolute Gasteiger partial charge is 0.431 e. The van der Waals surface area contributed by atoms with Gasteiger partial charge in [-0.15, -0.1) is 0 Å². The van der Waals surface area contributed by atoms with Crippen LogP contribution >= 0.6 is 0 Å². The molecule has 1 fully saturated rings. The minimum Gasteiger partial charge on any atom is -0.431 e. The number of hydrogen-bond acceptors (Lipinski definition) is 8. The van der Waals surface area contributed by atoms with Crippen molar-refractivity contribution < 1.29 is 9.21 Å². The van der Waals surface area contributed by atoms with Crippen LogP contribution in [0, 0.1) is 6.92 Å². The van der Waals surface area contributed by atoms with Gasteiger partial charge in [-0.25, -0.2) is 9.55 Å². The molecule has 0 spiro atoms. The highest BCUT2D eigenvalue weighted by Crippen LogP contribution is 2.23. The van der Waals surface area contributed by atoms with E-state index in [1.807, 2.05) is 0 Å². The molecule has 158 valence electrons. The lowest BCUT2D eigenvalue weighted by Crippen LogP contribution is -2.25. The van der Waals surface area contributed by atoms with Crippen LogP contribution in [0.2, 0.25) is 0 Å². The Balaban J connectivity index is 1.53. The summed E-state index contributed by atoms with van der Waals surface area (Å²) >= 11 is 0. The second-order valence-electron chi connectivity index (χ2n) is 7.31. The van der Waals surface area contributed by atoms with E-state index >= 15 is 0 Å². The molecule has 0 unspecified atom stereocenters. The molecule has 4 aromatic rings. The number of carbonyl (C=O) groups is 1. The number of aryl methyl sites for hydroxylation is 1. The zero-order chi connectivity index (χ0) is 21.5. The van der Waals surface area contributed by atoms with Crippen molar-refractivity contribution in [2.24, 2.45) is 0 Å². The van der Waals surface area contributed by atoms with Gasteiger partial charge in [-0.05, 0) is 31.9 Å². The monoisotopic (exact) mass is 420 g/mol. The van der Waals surface area contributed by atoms with Crippen molar-refractivity contribution in [1.82, 2.24) is 29.5 Å². The summed E-state index contributed by atoms with van der Waals surface area (Å²) in [5.74, 6) is 0.777. The molecule has 0 radical (unpaired) electrons. The second-order valence-corrected chi connectivity index (χ2v) is 7.31. The molecular formula is C20H20N8O3. The summed E-state index contributed by atoms with van der Waals surface area (Å²) in [7, 11) is 1.74. The molecule has 1 saturated carbocycles. The Bertz CT molecular complexity index is 1350. The van der Waals surface area contributed by atoms with E-state index in [0.29, 0.717) is 28.5 Å². The van der Waals surface area contributed by atoms with Crippen molar-refractivity contribution >= 4 is 28.9 Å². The van der Waals surface area contributed by atoms with Crippen LogP contribution in [0.3, 0.4) is 0 Å². The first kappa shape index (κ1) is 18.9. The number of hydrogen-bond donors (Lipinski definition) is 3. The van der Waals surface area contributed by atoms with E-state index in [2.05, 4.69) is 31.0 Å². The summed E-state index contributed by atoms with van der Waals surface area (Å²) in [5, 5.41) is 13.3. The van der Waals surface area contributed by atoms with Crippen molar-refractivity contribution in [2.45, 2.75) is 25.8 Å². The highest BCUT2D eigenvalue weighted by Gasteiger charge is 2.26. The van der Waals surface area contributed by atoms with Gasteiger partial charge < -0.3 is 20.4 Å². The molecule has 4 heterocycles. The van der Waals surface area contributed by atoms with Crippen LogP contribution in [0.25, 0.3) is 11.7 Å². The van der Waals surface area contributed by atoms with E-state index in [9.17, 15) is 9.59 Å². The van der Waals surface area contributed by atoms with E-state index < -0.39 is 0 Å². The average molecular weight is 420 g/mol. The Morgan fingerprint density at radius 1 is 1.29 bits per heavy atom. The zero-order valence-corrected chi connectivity index (χ0v) is 16.9. The van der Waals surface area contributed by atoms with Gasteiger partial charge in [0.25, 0.3) is 11.5 Å². The summed E-state index contributed by atoms with van der Waals surface area (Å²) in [6.45, 7) is 1.78. The van der Waals surface area contributed by atoms with E-state index in [1.54, 1.807) is 42.9 Å². The third-order valence-corrected chi connectivity index (χ3v) is 4.91. The third-order valence-electron chi connectivity index (χ3n) is 4.91. The first-order valence-corrected chi connectivity index (χ1v) is 9.82. The molecule has 1 amide bonds. The topological polar surface area (TPSA) is 131 Å². The number of nitrogens with one attached hydrogen (secondary N) is 3. The first-order valence-electron chi connectivity index (χ1n) is 9.82. The number of aromatic nitrogens is 5. The maximum Gasteiger partial charge on any atom is 0.308 e. The second kappa shape index (κ2) is 7.27. The molecule has 31 heavy (non-hydrogen) atoms. The maximum atomic E-state index is 12.9. The van der Waals surface area contributed by atoms with E-state index in [4.69, 9.17) is 4.42 Å². The Hall–Kier alpha value is -4.15. The zero-order valence-electron chi connectivity index (χ0n) is 16.9. The molecule has 1 aliphatic rings. The number of fused-ring (bicyclic) bond motifs is 1. The van der Waals surface area contributed by atoms with Crippen molar-refractivity contribution in [3.05, 3.63) is 58.5 Å². The normalized spacial score (nSPS) is 13.4. The summed E-state index contributed by atoms with van der Waals surface area (Å²) < 4.78 is 8.19. The van der Waals surface area contributed by atoms with E-state index in [0.717, 1.165) is 12.8 Å². The number of rotatable bonds is 6. The lowest BCUT2D eigenvalue weighted by Gasteiger charge is -2.11. The lowest BCUT2D eigenvalue weighted by molar-refractivity contribution is 0.0952. The van der Waals surface area contributed by atoms with Crippen LogP contribution in [0.15, 0.2) is 46.1 Å². The van der Waals surface area contributed by atoms with Crippen molar-refractivity contribution in [3.63, 3.8) is 0 Å². The highest BCUT2D eigenvalue weighted by atomic mass is 16.4. The number of amides is 1. The highest BCUT2D eigenvalue weighted by molar-refractivity contribution is 6.00. The standard InChI is InChI=1S/C20H20N8O3/c1-11-10-31-20(23-11)27-7-3-4-14(19(27)30)25-15-8-16(21-2)28-17(26-15)13(9-22-28)18(29)24-12-5-6-12/h3-4,7-10,12,21H,5-6H2,1-2H3,(H,24,29)(H,25,26). The van der Waals surface area contributed by atoms with Gasteiger partial charge in [0.2, 0.25) is 0 Å². The molecule has 11 nitrogen and oxygen atoms in total. The van der Waals surface area contributed by atoms with Crippen LogP contribution in [0.1, 0.15) is 28.9 Å². The van der Waals surface area contributed by atoms with Gasteiger partial charge in [0.05, 0.1) is 11.9 Å². The predicted molar refractivity (Wildman–Crippen MR) is 113 cm³/mol. The summed E-state index contributed by atoms with van der Waals surface area (Å²) in [6.07, 6.45) is 6.51. The SMILES string of the molecule is CNc1cc(Nc2cccn(-c3nc(C)co3)c2=O)nc2c(C(=O)NC3CC3)cnn12. The van der Waals surface area contributed by atoms with Gasteiger partial charge in [0.1, 0.15) is 29.1 Å². The number of nitrogens with zero attached hydrogens (tertiary/aromatic N) is 5. The fourth-order valence-corrected chi connectivity index (χ4v) is 3.19. The van der Waals surface area contributed by atoms with Gasteiger partial charge in [0, 0.05) is 25.4 Å². The Morgan fingerprint density at radius 2 is 2.13 bits per heavy atom.